The lowest BCUT2D eigenvalue weighted by Gasteiger charge is -2.38. The molecule has 0 spiro atoms. The van der Waals surface area contributed by atoms with Crippen LogP contribution < -0.4 is 5.32 Å². The molecule has 0 aromatic carbocycles. The summed E-state index contributed by atoms with van der Waals surface area (Å²) < 4.78 is 11.9. The zero-order valence-electron chi connectivity index (χ0n) is 14.0. The number of rotatable bonds is 4. The summed E-state index contributed by atoms with van der Waals surface area (Å²) in [5.41, 5.74) is -0.198. The lowest BCUT2D eigenvalue weighted by molar-refractivity contribution is -0.0809. The molecule has 0 saturated carbocycles. The number of nitrogens with zero attached hydrogens (tertiary/aromatic N) is 1. The van der Waals surface area contributed by atoms with Crippen LogP contribution in [0.5, 0.6) is 0 Å². The highest BCUT2D eigenvalue weighted by molar-refractivity contribution is 5.06. The molecule has 2 fully saturated rings. The molecule has 2 heterocycles. The SMILES string of the molecule is CNC1C(CN2CCCC(OC)C2)C(C)(C)OC1(C)C. The molecule has 2 aliphatic rings. The van der Waals surface area contributed by atoms with Crippen molar-refractivity contribution >= 4 is 0 Å². The fourth-order valence-corrected chi connectivity index (χ4v) is 4.23. The standard InChI is InChI=1S/C16H32N2O2/c1-15(2)13(14(17-5)16(3,4)20-15)11-18-9-7-8-12(10-18)19-6/h12-14,17H,7-11H2,1-6H3. The van der Waals surface area contributed by atoms with Crippen molar-refractivity contribution in [1.29, 1.82) is 0 Å². The van der Waals surface area contributed by atoms with Gasteiger partial charge in [-0.2, -0.15) is 0 Å². The molecule has 0 aromatic rings. The number of likely N-dealkylation sites (N-methyl/N-ethyl adjacent to an activating group) is 1. The van der Waals surface area contributed by atoms with Crippen LogP contribution in [-0.2, 0) is 9.47 Å². The first-order valence-electron chi connectivity index (χ1n) is 7.92. The van der Waals surface area contributed by atoms with Crippen LogP contribution in [-0.4, -0.2) is 62.0 Å². The molecule has 20 heavy (non-hydrogen) atoms. The molecule has 0 aliphatic carbocycles. The van der Waals surface area contributed by atoms with Crippen LogP contribution in [0.4, 0.5) is 0 Å². The Morgan fingerprint density at radius 1 is 1.25 bits per heavy atom. The topological polar surface area (TPSA) is 33.7 Å². The van der Waals surface area contributed by atoms with E-state index in [2.05, 4.69) is 45.0 Å². The maximum Gasteiger partial charge on any atom is 0.0790 e. The summed E-state index contributed by atoms with van der Waals surface area (Å²) in [6.07, 6.45) is 2.83. The highest BCUT2D eigenvalue weighted by atomic mass is 16.5. The minimum Gasteiger partial charge on any atom is -0.380 e. The van der Waals surface area contributed by atoms with Crippen molar-refractivity contribution < 1.29 is 9.47 Å². The molecule has 4 nitrogen and oxygen atoms in total. The maximum absolute atomic E-state index is 6.33. The van der Waals surface area contributed by atoms with E-state index in [1.807, 2.05) is 7.11 Å². The highest BCUT2D eigenvalue weighted by Crippen LogP contribution is 2.42. The Hall–Kier alpha value is -0.160. The van der Waals surface area contributed by atoms with Gasteiger partial charge < -0.3 is 19.7 Å². The largest absolute Gasteiger partial charge is 0.380 e. The predicted molar refractivity (Wildman–Crippen MR) is 82.1 cm³/mol. The van der Waals surface area contributed by atoms with Crippen molar-refractivity contribution in [2.45, 2.75) is 63.9 Å². The van der Waals surface area contributed by atoms with Crippen molar-refractivity contribution in [1.82, 2.24) is 10.2 Å². The van der Waals surface area contributed by atoms with Gasteiger partial charge in [0.2, 0.25) is 0 Å². The van der Waals surface area contributed by atoms with Gasteiger partial charge in [-0.1, -0.05) is 0 Å². The lowest BCUT2D eigenvalue weighted by atomic mass is 9.82. The van der Waals surface area contributed by atoms with Crippen LogP contribution in [0.1, 0.15) is 40.5 Å². The van der Waals surface area contributed by atoms with E-state index in [4.69, 9.17) is 9.47 Å². The number of likely N-dealkylation sites (tertiary alicyclic amines) is 1. The summed E-state index contributed by atoms with van der Waals surface area (Å²) in [7, 11) is 3.88. The molecule has 2 saturated heterocycles. The van der Waals surface area contributed by atoms with E-state index in [-0.39, 0.29) is 11.2 Å². The summed E-state index contributed by atoms with van der Waals surface area (Å²) in [5.74, 6) is 0.498. The average molecular weight is 284 g/mol. The number of ether oxygens (including phenoxy) is 2. The molecule has 1 N–H and O–H groups in total. The van der Waals surface area contributed by atoms with Crippen LogP contribution >= 0.6 is 0 Å². The first kappa shape index (κ1) is 16.2. The van der Waals surface area contributed by atoms with Gasteiger partial charge in [0.15, 0.2) is 0 Å². The molecular weight excluding hydrogens is 252 g/mol. The third-order valence-corrected chi connectivity index (χ3v) is 5.13. The smallest absolute Gasteiger partial charge is 0.0790 e. The Bertz CT molecular complexity index is 330. The highest BCUT2D eigenvalue weighted by Gasteiger charge is 2.53. The summed E-state index contributed by atoms with van der Waals surface area (Å²) >= 11 is 0. The third-order valence-electron chi connectivity index (χ3n) is 5.13. The number of methoxy groups -OCH3 is 1. The van der Waals surface area contributed by atoms with Crippen LogP contribution in [0.15, 0.2) is 0 Å². The van der Waals surface area contributed by atoms with Gasteiger partial charge in [-0.25, -0.2) is 0 Å². The Morgan fingerprint density at radius 3 is 2.55 bits per heavy atom. The molecule has 0 amide bonds. The van der Waals surface area contributed by atoms with E-state index in [1.54, 1.807) is 0 Å². The molecule has 3 atom stereocenters. The number of hydrogen-bond donors (Lipinski definition) is 1. The zero-order chi connectivity index (χ0) is 15.0. The van der Waals surface area contributed by atoms with E-state index < -0.39 is 0 Å². The minimum absolute atomic E-state index is 0.0861. The molecule has 2 rings (SSSR count). The van der Waals surface area contributed by atoms with Crippen LogP contribution in [0.3, 0.4) is 0 Å². The Morgan fingerprint density at radius 2 is 1.95 bits per heavy atom. The summed E-state index contributed by atoms with van der Waals surface area (Å²) in [6, 6.07) is 0.389. The molecule has 118 valence electrons. The van der Waals surface area contributed by atoms with Gasteiger partial charge in [0.1, 0.15) is 0 Å². The Labute approximate surface area is 124 Å². The summed E-state index contributed by atoms with van der Waals surface area (Å²) in [5, 5.41) is 3.49. The van der Waals surface area contributed by atoms with Crippen molar-refractivity contribution in [3.05, 3.63) is 0 Å². The van der Waals surface area contributed by atoms with Gasteiger partial charge in [-0.05, 0) is 54.1 Å². The van der Waals surface area contributed by atoms with Gasteiger partial charge in [0.25, 0.3) is 0 Å². The van der Waals surface area contributed by atoms with E-state index in [1.165, 1.54) is 19.4 Å². The van der Waals surface area contributed by atoms with Crippen molar-refractivity contribution in [3.8, 4) is 0 Å². The molecule has 2 aliphatic heterocycles. The quantitative estimate of drug-likeness (QED) is 0.855. The van der Waals surface area contributed by atoms with E-state index >= 15 is 0 Å². The predicted octanol–water partition coefficient (Wildman–Crippen LogP) is 1.89. The minimum atomic E-state index is -0.112. The second-order valence-electron chi connectivity index (χ2n) is 7.44. The lowest BCUT2D eigenvalue weighted by Crippen LogP contribution is -2.51. The van der Waals surface area contributed by atoms with E-state index in [9.17, 15) is 0 Å². The van der Waals surface area contributed by atoms with Crippen LogP contribution in [0.2, 0.25) is 0 Å². The zero-order valence-corrected chi connectivity index (χ0v) is 14.0. The van der Waals surface area contributed by atoms with Gasteiger partial charge in [-0.3, -0.25) is 0 Å². The Balaban J connectivity index is 2.06. The average Bonchev–Trinajstić information content (AvgIpc) is 2.54. The Kier molecular flexibility index (Phi) is 4.80. The molecule has 0 aromatic heterocycles. The maximum atomic E-state index is 6.33. The number of piperidine rings is 1. The first-order chi connectivity index (χ1) is 9.30. The summed E-state index contributed by atoms with van der Waals surface area (Å²) in [6.45, 7) is 12.2. The van der Waals surface area contributed by atoms with E-state index in [0.29, 0.717) is 18.1 Å². The van der Waals surface area contributed by atoms with Crippen LogP contribution in [0.25, 0.3) is 0 Å². The normalized spacial score (nSPS) is 37.2. The van der Waals surface area contributed by atoms with Gasteiger partial charge in [-0.15, -0.1) is 0 Å². The molecule has 0 radical (unpaired) electrons. The molecule has 0 bridgehead atoms. The fraction of sp³-hybridized carbons (Fsp3) is 1.00. The van der Waals surface area contributed by atoms with Gasteiger partial charge in [0.05, 0.1) is 17.3 Å². The van der Waals surface area contributed by atoms with Crippen molar-refractivity contribution in [2.24, 2.45) is 5.92 Å². The monoisotopic (exact) mass is 284 g/mol. The van der Waals surface area contributed by atoms with Crippen molar-refractivity contribution in [3.63, 3.8) is 0 Å². The number of nitrogens with one attached hydrogen (secondary N) is 1. The molecule has 3 unspecified atom stereocenters. The van der Waals surface area contributed by atoms with Gasteiger partial charge in [0, 0.05) is 32.2 Å². The van der Waals surface area contributed by atoms with Crippen molar-refractivity contribution in [2.75, 3.05) is 33.8 Å². The third kappa shape index (κ3) is 3.19. The van der Waals surface area contributed by atoms with Gasteiger partial charge >= 0.3 is 0 Å². The number of hydrogen-bond acceptors (Lipinski definition) is 4. The fourth-order valence-electron chi connectivity index (χ4n) is 4.23. The first-order valence-corrected chi connectivity index (χ1v) is 7.92. The summed E-state index contributed by atoms with van der Waals surface area (Å²) in [4.78, 5) is 2.55. The van der Waals surface area contributed by atoms with E-state index in [0.717, 1.165) is 13.1 Å². The second-order valence-corrected chi connectivity index (χ2v) is 7.44. The molecule has 4 heteroatoms. The molecular formula is C16H32N2O2. The van der Waals surface area contributed by atoms with Crippen LogP contribution in [0, 0.1) is 5.92 Å². The second kappa shape index (κ2) is 5.91.